The molecule has 0 radical (unpaired) electrons. The van der Waals surface area contributed by atoms with Crippen molar-refractivity contribution in [3.05, 3.63) is 52.3 Å². The minimum absolute atomic E-state index is 0.0601. The van der Waals surface area contributed by atoms with Gasteiger partial charge in [0.05, 0.1) is 34.8 Å². The van der Waals surface area contributed by atoms with E-state index in [-0.39, 0.29) is 36.5 Å². The number of alkyl halides is 2. The van der Waals surface area contributed by atoms with Crippen LogP contribution in [0.1, 0.15) is 44.1 Å². The molecule has 3 aromatic rings. The highest BCUT2D eigenvalue weighted by atomic mass is 19.3. The molecule has 1 saturated carbocycles. The monoisotopic (exact) mass is 536 g/mol. The lowest BCUT2D eigenvalue weighted by Crippen LogP contribution is -2.40. The molecule has 5 heterocycles. The van der Waals surface area contributed by atoms with Crippen molar-refractivity contribution in [3.63, 3.8) is 0 Å². The number of pyridine rings is 1. The zero-order valence-electron chi connectivity index (χ0n) is 21.6. The van der Waals surface area contributed by atoms with Crippen LogP contribution in [0.2, 0.25) is 0 Å². The largest absolute Gasteiger partial charge is 0.489 e. The van der Waals surface area contributed by atoms with E-state index in [1.807, 2.05) is 17.2 Å². The number of non-ortho nitro benzene ring substituents is 1. The fraction of sp³-hybridized carbons (Fsp3) is 0.500. The first-order chi connectivity index (χ1) is 18.8. The summed E-state index contributed by atoms with van der Waals surface area (Å²) in [4.78, 5) is 20.2. The SMILES string of the molecule is O=[N+]([O-])c1ccc(-n2cc(-c3cc4c(c(N5CCC(F)(F)CC5)n3)OCC4)cn2)c(N2CCC3(CC2)CC3)c1. The van der Waals surface area contributed by atoms with Gasteiger partial charge in [0.15, 0.2) is 11.6 Å². The Morgan fingerprint density at radius 1 is 0.949 bits per heavy atom. The predicted molar refractivity (Wildman–Crippen MR) is 142 cm³/mol. The number of halogens is 2. The highest BCUT2D eigenvalue weighted by Gasteiger charge is 2.44. The lowest BCUT2D eigenvalue weighted by molar-refractivity contribution is -0.384. The van der Waals surface area contributed by atoms with E-state index < -0.39 is 5.92 Å². The highest BCUT2D eigenvalue weighted by Crippen LogP contribution is 2.54. The number of nitrogens with zero attached hydrogens (tertiary/aromatic N) is 6. The first kappa shape index (κ1) is 24.3. The van der Waals surface area contributed by atoms with E-state index >= 15 is 0 Å². The smallest absolute Gasteiger partial charge is 0.271 e. The zero-order valence-corrected chi connectivity index (χ0v) is 21.6. The summed E-state index contributed by atoms with van der Waals surface area (Å²) in [6.45, 7) is 2.73. The Balaban J connectivity index is 1.22. The average molecular weight is 537 g/mol. The van der Waals surface area contributed by atoms with Gasteiger partial charge in [-0.3, -0.25) is 10.1 Å². The molecular formula is C28H30F2N6O3. The van der Waals surface area contributed by atoms with E-state index in [1.165, 1.54) is 18.9 Å². The lowest BCUT2D eigenvalue weighted by atomic mass is 9.93. The zero-order chi connectivity index (χ0) is 26.8. The Morgan fingerprint density at radius 2 is 1.69 bits per heavy atom. The van der Waals surface area contributed by atoms with Gasteiger partial charge >= 0.3 is 0 Å². The van der Waals surface area contributed by atoms with Crippen molar-refractivity contribution in [1.29, 1.82) is 0 Å². The van der Waals surface area contributed by atoms with Gasteiger partial charge in [-0.15, -0.1) is 0 Å². The number of hydrogen-bond acceptors (Lipinski definition) is 7. The molecule has 4 aliphatic rings. The van der Waals surface area contributed by atoms with Crippen molar-refractivity contribution >= 4 is 17.2 Å². The number of nitro groups is 1. The van der Waals surface area contributed by atoms with Crippen molar-refractivity contribution in [3.8, 4) is 22.7 Å². The second-order valence-corrected chi connectivity index (χ2v) is 11.4. The third-order valence-electron chi connectivity index (χ3n) is 8.86. The van der Waals surface area contributed by atoms with Crippen molar-refractivity contribution in [2.24, 2.45) is 5.41 Å². The summed E-state index contributed by atoms with van der Waals surface area (Å²) >= 11 is 0. The minimum atomic E-state index is -2.64. The first-order valence-electron chi connectivity index (χ1n) is 13.7. The van der Waals surface area contributed by atoms with Crippen LogP contribution in [0.15, 0.2) is 36.7 Å². The van der Waals surface area contributed by atoms with Crippen molar-refractivity contribution < 1.29 is 18.4 Å². The number of ether oxygens (including phenoxy) is 1. The van der Waals surface area contributed by atoms with E-state index in [0.717, 1.165) is 54.9 Å². The van der Waals surface area contributed by atoms with Crippen molar-refractivity contribution in [1.82, 2.24) is 14.8 Å². The van der Waals surface area contributed by atoms with Gasteiger partial charge in [0.1, 0.15) is 0 Å². The van der Waals surface area contributed by atoms with Gasteiger partial charge in [0.25, 0.3) is 11.6 Å². The van der Waals surface area contributed by atoms with Crippen LogP contribution in [-0.2, 0) is 6.42 Å². The van der Waals surface area contributed by atoms with Crippen LogP contribution in [0.5, 0.6) is 5.75 Å². The van der Waals surface area contributed by atoms with Gasteiger partial charge in [-0.05, 0) is 43.2 Å². The molecule has 204 valence electrons. The molecule has 0 N–H and O–H groups in total. The molecule has 0 bridgehead atoms. The maximum atomic E-state index is 13.8. The van der Waals surface area contributed by atoms with Crippen LogP contribution in [0.4, 0.5) is 26.0 Å². The van der Waals surface area contributed by atoms with Crippen LogP contribution in [0.3, 0.4) is 0 Å². The Hall–Kier alpha value is -3.76. The number of piperidine rings is 2. The fourth-order valence-electron chi connectivity index (χ4n) is 6.14. The Morgan fingerprint density at radius 3 is 2.41 bits per heavy atom. The minimum Gasteiger partial charge on any atom is -0.489 e. The van der Waals surface area contributed by atoms with Gasteiger partial charge in [-0.2, -0.15) is 5.10 Å². The second kappa shape index (κ2) is 8.89. The predicted octanol–water partition coefficient (Wildman–Crippen LogP) is 5.39. The number of anilines is 2. The van der Waals surface area contributed by atoms with E-state index in [9.17, 15) is 18.9 Å². The molecule has 11 heteroatoms. The van der Waals surface area contributed by atoms with Crippen LogP contribution >= 0.6 is 0 Å². The van der Waals surface area contributed by atoms with Gasteiger partial charge in [-0.1, -0.05) is 0 Å². The third kappa shape index (κ3) is 4.47. The highest BCUT2D eigenvalue weighted by molar-refractivity contribution is 5.71. The number of hydrogen-bond donors (Lipinski definition) is 0. The van der Waals surface area contributed by atoms with Crippen molar-refractivity contribution in [2.45, 2.75) is 50.9 Å². The van der Waals surface area contributed by atoms with E-state index in [2.05, 4.69) is 10.00 Å². The molecule has 9 nitrogen and oxygen atoms in total. The van der Waals surface area contributed by atoms with Crippen LogP contribution in [0, 0.1) is 15.5 Å². The molecule has 39 heavy (non-hydrogen) atoms. The van der Waals surface area contributed by atoms with E-state index in [1.54, 1.807) is 23.0 Å². The number of fused-ring (bicyclic) bond motifs is 1. The van der Waals surface area contributed by atoms with Gasteiger partial charge in [-0.25, -0.2) is 18.4 Å². The molecule has 1 aliphatic carbocycles. The maximum Gasteiger partial charge on any atom is 0.271 e. The molecular weight excluding hydrogens is 506 g/mol. The number of rotatable bonds is 5. The standard InChI is InChI=1S/C28H30F2N6O3/c29-28(30)8-12-34(13-9-28)26-25-19(3-14-39-25)15-22(32-26)20-17-31-35(18-20)23-2-1-21(36(37)38)16-24(23)33-10-6-27(4-5-27)7-11-33/h1-2,15-18H,3-14H2. The third-order valence-corrected chi connectivity index (χ3v) is 8.86. The maximum absolute atomic E-state index is 13.8. The molecule has 7 rings (SSSR count). The second-order valence-electron chi connectivity index (χ2n) is 11.4. The molecule has 1 spiro atoms. The van der Waals surface area contributed by atoms with Gasteiger partial charge in [0, 0.05) is 74.9 Å². The van der Waals surface area contributed by atoms with E-state index in [0.29, 0.717) is 29.3 Å². The first-order valence-corrected chi connectivity index (χ1v) is 13.7. The van der Waals surface area contributed by atoms with E-state index in [4.69, 9.17) is 9.72 Å². The Bertz CT molecular complexity index is 1430. The number of nitro benzene ring substituents is 1. The van der Waals surface area contributed by atoms with Crippen LogP contribution < -0.4 is 14.5 Å². The molecule has 2 aromatic heterocycles. The molecule has 2 saturated heterocycles. The molecule has 1 aromatic carbocycles. The number of aromatic nitrogens is 3. The van der Waals surface area contributed by atoms with Crippen LogP contribution in [0.25, 0.3) is 16.9 Å². The quantitative estimate of drug-likeness (QED) is 0.319. The van der Waals surface area contributed by atoms with Crippen molar-refractivity contribution in [2.75, 3.05) is 42.6 Å². The Labute approximate surface area is 224 Å². The molecule has 3 fully saturated rings. The summed E-state index contributed by atoms with van der Waals surface area (Å²) < 4.78 is 35.3. The normalized spacial score (nSPS) is 21.1. The topological polar surface area (TPSA) is 89.6 Å². The summed E-state index contributed by atoms with van der Waals surface area (Å²) in [6, 6.07) is 6.91. The molecule has 3 aliphatic heterocycles. The van der Waals surface area contributed by atoms with Crippen LogP contribution in [-0.4, -0.2) is 58.4 Å². The van der Waals surface area contributed by atoms with Gasteiger partial charge < -0.3 is 14.5 Å². The summed E-state index contributed by atoms with van der Waals surface area (Å²) in [7, 11) is 0. The molecule has 0 amide bonds. The van der Waals surface area contributed by atoms with Gasteiger partial charge in [0.2, 0.25) is 0 Å². The average Bonchev–Trinajstić information content (AvgIpc) is 3.30. The fourth-order valence-corrected chi connectivity index (χ4v) is 6.14. The summed E-state index contributed by atoms with van der Waals surface area (Å²) in [5, 5.41) is 16.2. The Kier molecular flexibility index (Phi) is 5.54. The summed E-state index contributed by atoms with van der Waals surface area (Å²) in [5.74, 6) is -1.34. The lowest BCUT2D eigenvalue weighted by Gasteiger charge is -2.34. The number of benzene rings is 1. The summed E-state index contributed by atoms with van der Waals surface area (Å²) in [6.07, 6.45) is 8.72. The molecule has 0 atom stereocenters. The molecule has 0 unspecified atom stereocenters. The summed E-state index contributed by atoms with van der Waals surface area (Å²) in [5.41, 5.74) is 4.63.